The summed E-state index contributed by atoms with van der Waals surface area (Å²) in [6, 6.07) is 10.5. The fourth-order valence-corrected chi connectivity index (χ4v) is 3.61. The number of nitrogens with zero attached hydrogens (tertiary/aromatic N) is 2. The monoisotopic (exact) mass is 293 g/mol. The SMILES string of the molecule is Cn1ncc2[nH]c3c(c(=O)c21)CC(Cc1ccccc1)CC3. The molecule has 0 radical (unpaired) electrons. The predicted octanol–water partition coefficient (Wildman–Crippen LogP) is 2.61. The Labute approximate surface area is 128 Å². The van der Waals surface area contributed by atoms with Gasteiger partial charge in [-0.1, -0.05) is 30.3 Å². The summed E-state index contributed by atoms with van der Waals surface area (Å²) in [4.78, 5) is 16.2. The molecule has 1 unspecified atom stereocenters. The van der Waals surface area contributed by atoms with Crippen molar-refractivity contribution in [2.24, 2.45) is 13.0 Å². The molecule has 0 bridgehead atoms. The maximum Gasteiger partial charge on any atom is 0.210 e. The van der Waals surface area contributed by atoms with E-state index in [1.54, 1.807) is 10.9 Å². The molecule has 0 aliphatic heterocycles. The molecule has 1 aliphatic carbocycles. The van der Waals surface area contributed by atoms with Crippen LogP contribution in [0.2, 0.25) is 0 Å². The molecule has 1 aromatic carbocycles. The number of hydrogen-bond donors (Lipinski definition) is 1. The van der Waals surface area contributed by atoms with E-state index in [1.165, 1.54) is 5.56 Å². The zero-order valence-corrected chi connectivity index (χ0v) is 12.7. The Morgan fingerprint density at radius 1 is 1.32 bits per heavy atom. The Kier molecular flexibility index (Phi) is 3.10. The van der Waals surface area contributed by atoms with Crippen molar-refractivity contribution in [3.63, 3.8) is 0 Å². The molecule has 0 amide bonds. The number of aryl methyl sites for hydroxylation is 2. The zero-order chi connectivity index (χ0) is 15.1. The summed E-state index contributed by atoms with van der Waals surface area (Å²) in [5.74, 6) is 0.543. The van der Waals surface area contributed by atoms with Crippen molar-refractivity contribution in [3.8, 4) is 0 Å². The lowest BCUT2D eigenvalue weighted by molar-refractivity contribution is 0.450. The number of aromatic amines is 1. The van der Waals surface area contributed by atoms with Crippen LogP contribution < -0.4 is 5.43 Å². The molecule has 1 N–H and O–H groups in total. The lowest BCUT2D eigenvalue weighted by Crippen LogP contribution is -2.25. The molecule has 0 spiro atoms. The molecule has 4 rings (SSSR count). The van der Waals surface area contributed by atoms with Crippen molar-refractivity contribution in [2.45, 2.75) is 25.7 Å². The van der Waals surface area contributed by atoms with Gasteiger partial charge < -0.3 is 4.98 Å². The molecule has 2 aromatic heterocycles. The first-order valence-electron chi connectivity index (χ1n) is 7.82. The van der Waals surface area contributed by atoms with E-state index in [0.717, 1.165) is 42.5 Å². The van der Waals surface area contributed by atoms with Crippen LogP contribution in [-0.4, -0.2) is 14.8 Å². The van der Waals surface area contributed by atoms with Gasteiger partial charge in [0.15, 0.2) is 0 Å². The Balaban J connectivity index is 1.69. The topological polar surface area (TPSA) is 50.7 Å². The predicted molar refractivity (Wildman–Crippen MR) is 87.0 cm³/mol. The summed E-state index contributed by atoms with van der Waals surface area (Å²) in [6.07, 6.45) is 5.73. The number of hydrogen-bond acceptors (Lipinski definition) is 2. The summed E-state index contributed by atoms with van der Waals surface area (Å²) >= 11 is 0. The second-order valence-electron chi connectivity index (χ2n) is 6.24. The first-order chi connectivity index (χ1) is 10.7. The van der Waals surface area contributed by atoms with Crippen molar-refractivity contribution >= 4 is 11.0 Å². The molecule has 0 saturated carbocycles. The van der Waals surface area contributed by atoms with E-state index in [-0.39, 0.29) is 5.43 Å². The molecule has 0 saturated heterocycles. The van der Waals surface area contributed by atoms with Crippen LogP contribution in [0.4, 0.5) is 0 Å². The molecule has 2 heterocycles. The standard InChI is InChI=1S/C18H19N3O/c1-21-17-16(11-19-21)20-15-8-7-13(10-14(15)18(17)22)9-12-5-3-2-4-6-12/h2-6,11,13H,7-10H2,1H3,(H,20,22). The van der Waals surface area contributed by atoms with Crippen molar-refractivity contribution in [2.75, 3.05) is 0 Å². The van der Waals surface area contributed by atoms with Crippen LogP contribution in [0.25, 0.3) is 11.0 Å². The lowest BCUT2D eigenvalue weighted by Gasteiger charge is -2.24. The van der Waals surface area contributed by atoms with Gasteiger partial charge in [0, 0.05) is 18.3 Å². The van der Waals surface area contributed by atoms with Gasteiger partial charge in [0.25, 0.3) is 0 Å². The molecular formula is C18H19N3O. The molecule has 0 fully saturated rings. The normalized spacial score (nSPS) is 17.6. The number of aromatic nitrogens is 3. The van der Waals surface area contributed by atoms with Crippen LogP contribution in [-0.2, 0) is 26.3 Å². The minimum absolute atomic E-state index is 0.154. The Morgan fingerprint density at radius 3 is 2.95 bits per heavy atom. The Morgan fingerprint density at radius 2 is 2.14 bits per heavy atom. The van der Waals surface area contributed by atoms with Gasteiger partial charge in [0.05, 0.1) is 11.7 Å². The van der Waals surface area contributed by atoms with Gasteiger partial charge in [0.1, 0.15) is 5.52 Å². The molecule has 1 aliphatic rings. The van der Waals surface area contributed by atoms with Gasteiger partial charge in [-0.15, -0.1) is 0 Å². The van der Waals surface area contributed by atoms with E-state index >= 15 is 0 Å². The summed E-state index contributed by atoms with van der Waals surface area (Å²) in [5.41, 5.74) is 5.13. The lowest BCUT2D eigenvalue weighted by atomic mass is 9.82. The van der Waals surface area contributed by atoms with Crippen molar-refractivity contribution < 1.29 is 0 Å². The highest BCUT2D eigenvalue weighted by atomic mass is 16.1. The number of nitrogens with one attached hydrogen (secondary N) is 1. The third-order valence-corrected chi connectivity index (χ3v) is 4.74. The number of rotatable bonds is 2. The number of fused-ring (bicyclic) bond motifs is 2. The summed E-state index contributed by atoms with van der Waals surface area (Å²) < 4.78 is 1.68. The molecule has 3 aromatic rings. The molecular weight excluding hydrogens is 274 g/mol. The minimum atomic E-state index is 0.154. The van der Waals surface area contributed by atoms with E-state index in [2.05, 4.69) is 34.3 Å². The second kappa shape index (κ2) is 5.13. The first-order valence-corrected chi connectivity index (χ1v) is 7.82. The van der Waals surface area contributed by atoms with E-state index in [1.807, 2.05) is 13.1 Å². The Bertz CT molecular complexity index is 876. The van der Waals surface area contributed by atoms with Gasteiger partial charge in [0.2, 0.25) is 5.43 Å². The average molecular weight is 293 g/mol. The maximum absolute atomic E-state index is 12.8. The van der Waals surface area contributed by atoms with E-state index < -0.39 is 0 Å². The largest absolute Gasteiger partial charge is 0.355 e. The Hall–Kier alpha value is -2.36. The van der Waals surface area contributed by atoms with Gasteiger partial charge in [-0.05, 0) is 37.2 Å². The highest BCUT2D eigenvalue weighted by Gasteiger charge is 2.23. The third-order valence-electron chi connectivity index (χ3n) is 4.74. The number of benzene rings is 1. The molecule has 22 heavy (non-hydrogen) atoms. The summed E-state index contributed by atoms with van der Waals surface area (Å²) in [7, 11) is 1.83. The zero-order valence-electron chi connectivity index (χ0n) is 12.7. The summed E-state index contributed by atoms with van der Waals surface area (Å²) in [6.45, 7) is 0. The van der Waals surface area contributed by atoms with E-state index in [0.29, 0.717) is 11.4 Å². The van der Waals surface area contributed by atoms with Gasteiger partial charge in [-0.2, -0.15) is 5.10 Å². The first kappa shape index (κ1) is 13.3. The molecule has 112 valence electrons. The smallest absolute Gasteiger partial charge is 0.210 e. The highest BCUT2D eigenvalue weighted by molar-refractivity contribution is 5.75. The van der Waals surface area contributed by atoms with Crippen LogP contribution >= 0.6 is 0 Å². The maximum atomic E-state index is 12.8. The van der Waals surface area contributed by atoms with Crippen molar-refractivity contribution in [1.29, 1.82) is 0 Å². The van der Waals surface area contributed by atoms with Crippen LogP contribution in [0, 0.1) is 5.92 Å². The average Bonchev–Trinajstić information content (AvgIpc) is 2.90. The second-order valence-corrected chi connectivity index (χ2v) is 6.24. The van der Waals surface area contributed by atoms with E-state index in [9.17, 15) is 4.79 Å². The minimum Gasteiger partial charge on any atom is -0.355 e. The van der Waals surface area contributed by atoms with Crippen molar-refractivity contribution in [1.82, 2.24) is 14.8 Å². The fourth-order valence-electron chi connectivity index (χ4n) is 3.61. The highest BCUT2D eigenvalue weighted by Crippen LogP contribution is 2.26. The molecule has 1 atom stereocenters. The van der Waals surface area contributed by atoms with Crippen LogP contribution in [0.1, 0.15) is 23.2 Å². The van der Waals surface area contributed by atoms with E-state index in [4.69, 9.17) is 0 Å². The van der Waals surface area contributed by atoms with Gasteiger partial charge in [-0.25, -0.2) is 0 Å². The van der Waals surface area contributed by atoms with Crippen LogP contribution in [0.3, 0.4) is 0 Å². The molecule has 4 heteroatoms. The van der Waals surface area contributed by atoms with Crippen molar-refractivity contribution in [3.05, 3.63) is 63.6 Å². The van der Waals surface area contributed by atoms with Gasteiger partial charge in [-0.3, -0.25) is 9.48 Å². The fraction of sp³-hybridized carbons (Fsp3) is 0.333. The quantitative estimate of drug-likeness (QED) is 0.789. The number of H-pyrrole nitrogens is 1. The van der Waals surface area contributed by atoms with Gasteiger partial charge >= 0.3 is 0 Å². The molecule has 4 nitrogen and oxygen atoms in total. The summed E-state index contributed by atoms with van der Waals surface area (Å²) in [5, 5.41) is 4.20. The third kappa shape index (κ3) is 2.15. The van der Waals surface area contributed by atoms with Crippen LogP contribution in [0.15, 0.2) is 41.3 Å². The van der Waals surface area contributed by atoms with Crippen LogP contribution in [0.5, 0.6) is 0 Å². The number of pyridine rings is 1.